The van der Waals surface area contributed by atoms with Crippen LogP contribution < -0.4 is 16.8 Å². The molecule has 0 saturated carbocycles. The Balaban J connectivity index is 2.90. The topological polar surface area (TPSA) is 64.1 Å². The van der Waals surface area contributed by atoms with Gasteiger partial charge in [-0.3, -0.25) is 0 Å². The molecule has 3 nitrogen and oxygen atoms in total. The van der Waals surface area contributed by atoms with Crippen LogP contribution in [-0.2, 0) is 0 Å². The molecule has 0 fully saturated rings. The lowest BCUT2D eigenvalue weighted by molar-refractivity contribution is 0.696. The minimum Gasteiger partial charge on any atom is -0.397 e. The summed E-state index contributed by atoms with van der Waals surface area (Å²) in [6.07, 6.45) is 1.91. The number of nitrogens with one attached hydrogen (secondary N) is 1. The van der Waals surface area contributed by atoms with Crippen molar-refractivity contribution in [2.75, 3.05) is 0 Å². The molecule has 1 unspecified atom stereocenters. The van der Waals surface area contributed by atoms with Crippen LogP contribution in [0.15, 0.2) is 23.2 Å². The van der Waals surface area contributed by atoms with Crippen LogP contribution in [0.25, 0.3) is 0 Å². The van der Waals surface area contributed by atoms with E-state index in [2.05, 4.69) is 5.32 Å². The van der Waals surface area contributed by atoms with Gasteiger partial charge < -0.3 is 16.8 Å². The zero-order valence-electron chi connectivity index (χ0n) is 6.31. The zero-order chi connectivity index (χ0) is 7.72. The van der Waals surface area contributed by atoms with E-state index in [0.717, 1.165) is 5.70 Å². The predicted molar refractivity (Wildman–Crippen MR) is 41.8 cm³/mol. The van der Waals surface area contributed by atoms with Crippen molar-refractivity contribution < 1.29 is 0 Å². The van der Waals surface area contributed by atoms with Crippen LogP contribution in [0.2, 0.25) is 0 Å². The van der Waals surface area contributed by atoms with Crippen LogP contribution in [0.4, 0.5) is 0 Å². The molecule has 0 amide bonds. The largest absolute Gasteiger partial charge is 0.397 e. The van der Waals surface area contributed by atoms with E-state index in [9.17, 15) is 0 Å². The van der Waals surface area contributed by atoms with Crippen molar-refractivity contribution >= 4 is 0 Å². The quantitative estimate of drug-likeness (QED) is 0.443. The predicted octanol–water partition coefficient (Wildman–Crippen LogP) is 0.0109. The summed E-state index contributed by atoms with van der Waals surface area (Å²) in [6, 6.07) is 0.298. The van der Waals surface area contributed by atoms with E-state index in [0.29, 0.717) is 17.4 Å². The molecule has 56 valence electrons. The van der Waals surface area contributed by atoms with Gasteiger partial charge in [0.05, 0.1) is 11.4 Å². The highest BCUT2D eigenvalue weighted by atomic mass is 15.0. The molecule has 1 heterocycles. The molecule has 0 spiro atoms. The van der Waals surface area contributed by atoms with E-state index >= 15 is 0 Å². The molecule has 1 aliphatic heterocycles. The molecule has 0 aromatic carbocycles. The standard InChI is InChI=1S/C7H13N3/c1-4-3-6(8)7(9)5(2)10-4/h3-4,10H,8-9H2,1-2H3. The summed E-state index contributed by atoms with van der Waals surface area (Å²) in [5, 5.41) is 3.16. The monoisotopic (exact) mass is 139 g/mol. The fourth-order valence-corrected chi connectivity index (χ4v) is 1.04. The van der Waals surface area contributed by atoms with E-state index in [-0.39, 0.29) is 0 Å². The van der Waals surface area contributed by atoms with E-state index in [1.54, 1.807) is 0 Å². The maximum atomic E-state index is 5.61. The SMILES string of the molecule is CC1=C(N)C(N)=CC(C)N1. The molecular weight excluding hydrogens is 126 g/mol. The van der Waals surface area contributed by atoms with Crippen LogP contribution in [0.1, 0.15) is 13.8 Å². The summed E-state index contributed by atoms with van der Waals surface area (Å²) >= 11 is 0. The molecule has 0 aromatic rings. The molecule has 0 bridgehead atoms. The van der Waals surface area contributed by atoms with Gasteiger partial charge in [0.25, 0.3) is 0 Å². The third-order valence-corrected chi connectivity index (χ3v) is 1.59. The van der Waals surface area contributed by atoms with Crippen molar-refractivity contribution in [2.45, 2.75) is 19.9 Å². The van der Waals surface area contributed by atoms with E-state index in [1.165, 1.54) is 0 Å². The number of nitrogens with two attached hydrogens (primary N) is 2. The molecule has 10 heavy (non-hydrogen) atoms. The molecule has 3 heteroatoms. The van der Waals surface area contributed by atoms with Gasteiger partial charge in [-0.1, -0.05) is 0 Å². The van der Waals surface area contributed by atoms with Gasteiger partial charge in [-0.05, 0) is 19.9 Å². The van der Waals surface area contributed by atoms with Crippen LogP contribution in [0.3, 0.4) is 0 Å². The minimum absolute atomic E-state index is 0.298. The fourth-order valence-electron chi connectivity index (χ4n) is 1.04. The Morgan fingerprint density at radius 2 is 2.10 bits per heavy atom. The van der Waals surface area contributed by atoms with E-state index < -0.39 is 0 Å². The summed E-state index contributed by atoms with van der Waals surface area (Å²) in [5.74, 6) is 0. The van der Waals surface area contributed by atoms with Crippen LogP contribution in [0.5, 0.6) is 0 Å². The second-order valence-electron chi connectivity index (χ2n) is 2.59. The van der Waals surface area contributed by atoms with Crippen molar-refractivity contribution in [2.24, 2.45) is 11.5 Å². The summed E-state index contributed by atoms with van der Waals surface area (Å²) in [7, 11) is 0. The first kappa shape index (κ1) is 6.99. The molecule has 1 atom stereocenters. The number of hydrogen-bond acceptors (Lipinski definition) is 3. The Morgan fingerprint density at radius 3 is 2.60 bits per heavy atom. The molecule has 0 aliphatic carbocycles. The van der Waals surface area contributed by atoms with E-state index in [1.807, 2.05) is 19.9 Å². The number of rotatable bonds is 0. The normalized spacial score (nSPS) is 25.8. The number of hydrogen-bond donors (Lipinski definition) is 3. The molecule has 0 radical (unpaired) electrons. The highest BCUT2D eigenvalue weighted by Gasteiger charge is 2.10. The lowest BCUT2D eigenvalue weighted by Crippen LogP contribution is -2.32. The highest BCUT2D eigenvalue weighted by molar-refractivity contribution is 5.33. The second-order valence-corrected chi connectivity index (χ2v) is 2.59. The van der Waals surface area contributed by atoms with Gasteiger partial charge in [0.2, 0.25) is 0 Å². The van der Waals surface area contributed by atoms with Crippen molar-refractivity contribution in [1.82, 2.24) is 5.32 Å². The van der Waals surface area contributed by atoms with Gasteiger partial charge in [0, 0.05) is 11.7 Å². The maximum Gasteiger partial charge on any atom is 0.0735 e. The second kappa shape index (κ2) is 2.25. The Bertz CT molecular complexity index is 203. The molecule has 5 N–H and O–H groups in total. The number of allylic oxidation sites excluding steroid dienone is 1. The van der Waals surface area contributed by atoms with Crippen LogP contribution >= 0.6 is 0 Å². The Kier molecular flexibility index (Phi) is 1.57. The van der Waals surface area contributed by atoms with Crippen LogP contribution in [-0.4, -0.2) is 6.04 Å². The first-order chi connectivity index (χ1) is 4.61. The summed E-state index contributed by atoms with van der Waals surface area (Å²) < 4.78 is 0. The highest BCUT2D eigenvalue weighted by Crippen LogP contribution is 2.09. The van der Waals surface area contributed by atoms with Gasteiger partial charge in [-0.15, -0.1) is 0 Å². The maximum absolute atomic E-state index is 5.61. The number of dihydropyridines is 1. The Labute approximate surface area is 60.8 Å². The fraction of sp³-hybridized carbons (Fsp3) is 0.429. The van der Waals surface area contributed by atoms with Gasteiger partial charge >= 0.3 is 0 Å². The lowest BCUT2D eigenvalue weighted by atomic mass is 10.1. The van der Waals surface area contributed by atoms with E-state index in [4.69, 9.17) is 11.5 Å². The average molecular weight is 139 g/mol. The molecule has 0 aromatic heterocycles. The van der Waals surface area contributed by atoms with Gasteiger partial charge in [0.15, 0.2) is 0 Å². The smallest absolute Gasteiger partial charge is 0.0735 e. The van der Waals surface area contributed by atoms with Crippen LogP contribution in [0, 0.1) is 0 Å². The van der Waals surface area contributed by atoms with Crippen molar-refractivity contribution in [1.29, 1.82) is 0 Å². The Morgan fingerprint density at radius 1 is 1.50 bits per heavy atom. The van der Waals surface area contributed by atoms with Crippen molar-refractivity contribution in [3.8, 4) is 0 Å². The summed E-state index contributed by atoms with van der Waals surface area (Å²) in [6.45, 7) is 3.95. The van der Waals surface area contributed by atoms with Gasteiger partial charge in [-0.25, -0.2) is 0 Å². The molecule has 0 saturated heterocycles. The first-order valence-electron chi connectivity index (χ1n) is 3.32. The Hall–Kier alpha value is -1.12. The summed E-state index contributed by atoms with van der Waals surface area (Å²) in [4.78, 5) is 0. The molecule has 1 aliphatic rings. The molecular formula is C7H13N3. The van der Waals surface area contributed by atoms with Gasteiger partial charge in [0.1, 0.15) is 0 Å². The zero-order valence-corrected chi connectivity index (χ0v) is 6.31. The first-order valence-corrected chi connectivity index (χ1v) is 3.32. The molecule has 1 rings (SSSR count). The van der Waals surface area contributed by atoms with Gasteiger partial charge in [-0.2, -0.15) is 0 Å². The lowest BCUT2D eigenvalue weighted by Gasteiger charge is -2.20. The third-order valence-electron chi connectivity index (χ3n) is 1.59. The minimum atomic E-state index is 0.298. The average Bonchev–Trinajstić information content (AvgIpc) is 1.82. The van der Waals surface area contributed by atoms with Crippen molar-refractivity contribution in [3.63, 3.8) is 0 Å². The summed E-state index contributed by atoms with van der Waals surface area (Å²) in [5.41, 5.74) is 13.5. The van der Waals surface area contributed by atoms with Crippen molar-refractivity contribution in [3.05, 3.63) is 23.2 Å². The third kappa shape index (κ3) is 1.07.